The van der Waals surface area contributed by atoms with E-state index < -0.39 is 16.8 Å². The van der Waals surface area contributed by atoms with Crippen LogP contribution in [0.5, 0.6) is 0 Å². The number of hydrogen-bond donors (Lipinski definition) is 1. The maximum absolute atomic E-state index is 11.6. The smallest absolute Gasteiger partial charge is 0.333 e. The molecule has 0 aromatic rings. The lowest BCUT2D eigenvalue weighted by Crippen LogP contribution is -2.51. The lowest BCUT2D eigenvalue weighted by Gasteiger charge is -2.41. The van der Waals surface area contributed by atoms with Crippen molar-refractivity contribution in [2.45, 2.75) is 77.8 Å². The summed E-state index contributed by atoms with van der Waals surface area (Å²) in [5.41, 5.74) is -1.85. The third kappa shape index (κ3) is 3.23. The van der Waals surface area contributed by atoms with Crippen molar-refractivity contribution in [1.29, 1.82) is 0 Å². The van der Waals surface area contributed by atoms with Gasteiger partial charge in [-0.15, -0.1) is 0 Å². The minimum absolute atomic E-state index is 0.187. The van der Waals surface area contributed by atoms with E-state index in [4.69, 9.17) is 9.47 Å². The van der Waals surface area contributed by atoms with Gasteiger partial charge in [0.1, 0.15) is 11.7 Å². The van der Waals surface area contributed by atoms with E-state index in [0.29, 0.717) is 12.0 Å². The normalized spacial score (nSPS) is 26.6. The highest BCUT2D eigenvalue weighted by molar-refractivity contribution is 5.87. The van der Waals surface area contributed by atoms with E-state index in [0.717, 1.165) is 0 Å². The van der Waals surface area contributed by atoms with Crippen LogP contribution in [0.4, 0.5) is 0 Å². The van der Waals surface area contributed by atoms with E-state index in [1.165, 1.54) is 0 Å². The summed E-state index contributed by atoms with van der Waals surface area (Å²) in [5.74, 6) is -0.200. The standard InChI is InChI=1S/C16H28O4/c1-10(2)13(17)19-12-9-16(12,11(3)4)20-15(7,8)14(5,6)18/h11-12,18H,1,9H2,2-8H3. The van der Waals surface area contributed by atoms with E-state index >= 15 is 0 Å². The minimum Gasteiger partial charge on any atom is -0.456 e. The lowest BCUT2D eigenvalue weighted by molar-refractivity contribution is -0.204. The molecule has 0 spiro atoms. The molecule has 0 radical (unpaired) electrons. The van der Waals surface area contributed by atoms with Crippen molar-refractivity contribution >= 4 is 5.97 Å². The van der Waals surface area contributed by atoms with Gasteiger partial charge in [0.15, 0.2) is 0 Å². The Balaban J connectivity index is 2.84. The number of ether oxygens (including phenoxy) is 2. The minimum atomic E-state index is -0.986. The molecule has 1 aliphatic rings. The highest BCUT2D eigenvalue weighted by Crippen LogP contribution is 2.52. The first-order valence-electron chi connectivity index (χ1n) is 7.12. The molecule has 1 saturated carbocycles. The number of hydrogen-bond acceptors (Lipinski definition) is 4. The lowest BCUT2D eigenvalue weighted by atomic mass is 9.88. The zero-order valence-corrected chi connectivity index (χ0v) is 13.7. The third-order valence-corrected chi connectivity index (χ3v) is 4.38. The average Bonchev–Trinajstić information content (AvgIpc) is 2.89. The Kier molecular flexibility index (Phi) is 4.43. The summed E-state index contributed by atoms with van der Waals surface area (Å²) in [6.07, 6.45) is 0.386. The molecule has 0 aliphatic heterocycles. The maximum Gasteiger partial charge on any atom is 0.333 e. The molecule has 1 aliphatic carbocycles. The molecule has 20 heavy (non-hydrogen) atoms. The van der Waals surface area contributed by atoms with E-state index in [-0.39, 0.29) is 18.0 Å². The molecule has 0 bridgehead atoms. The Morgan fingerprint density at radius 1 is 1.35 bits per heavy atom. The highest BCUT2D eigenvalue weighted by atomic mass is 16.6. The van der Waals surface area contributed by atoms with Crippen LogP contribution in [0.2, 0.25) is 0 Å². The fraction of sp³-hybridized carbons (Fsp3) is 0.812. The van der Waals surface area contributed by atoms with Crippen LogP contribution in [0.15, 0.2) is 12.2 Å². The Labute approximate surface area is 122 Å². The van der Waals surface area contributed by atoms with Gasteiger partial charge in [-0.05, 0) is 40.5 Å². The molecule has 116 valence electrons. The molecular weight excluding hydrogens is 256 g/mol. The van der Waals surface area contributed by atoms with Gasteiger partial charge >= 0.3 is 5.97 Å². The van der Waals surface area contributed by atoms with Gasteiger partial charge in [0, 0.05) is 12.0 Å². The van der Waals surface area contributed by atoms with Gasteiger partial charge in [0.05, 0.1) is 11.2 Å². The van der Waals surface area contributed by atoms with Gasteiger partial charge in [-0.25, -0.2) is 4.79 Å². The van der Waals surface area contributed by atoms with Gasteiger partial charge in [0.25, 0.3) is 0 Å². The molecule has 0 amide bonds. The number of rotatable bonds is 6. The number of carbonyl (C=O) groups excluding carboxylic acids is 1. The SMILES string of the molecule is C=C(C)C(=O)OC1CC1(OC(C)(C)C(C)(C)O)C(C)C. The van der Waals surface area contributed by atoms with Crippen molar-refractivity contribution < 1.29 is 19.4 Å². The first-order chi connectivity index (χ1) is 8.83. The molecule has 0 saturated heterocycles. The molecule has 0 aromatic carbocycles. The van der Waals surface area contributed by atoms with E-state index in [1.807, 2.05) is 27.7 Å². The van der Waals surface area contributed by atoms with Crippen molar-refractivity contribution in [3.63, 3.8) is 0 Å². The second kappa shape index (κ2) is 5.15. The van der Waals surface area contributed by atoms with Crippen molar-refractivity contribution in [2.75, 3.05) is 0 Å². The number of esters is 1. The zero-order valence-electron chi connectivity index (χ0n) is 13.7. The Hall–Kier alpha value is -0.870. The molecule has 4 nitrogen and oxygen atoms in total. The molecule has 0 heterocycles. The fourth-order valence-corrected chi connectivity index (χ4v) is 2.03. The van der Waals surface area contributed by atoms with Crippen molar-refractivity contribution in [3.05, 3.63) is 12.2 Å². The third-order valence-electron chi connectivity index (χ3n) is 4.38. The fourth-order valence-electron chi connectivity index (χ4n) is 2.03. The molecule has 1 rings (SSSR count). The van der Waals surface area contributed by atoms with Crippen LogP contribution in [0.3, 0.4) is 0 Å². The summed E-state index contributed by atoms with van der Waals surface area (Å²) in [6, 6.07) is 0. The van der Waals surface area contributed by atoms with Crippen LogP contribution < -0.4 is 0 Å². The van der Waals surface area contributed by atoms with Crippen LogP contribution >= 0.6 is 0 Å². The number of aliphatic hydroxyl groups is 1. The second-order valence-electron chi connectivity index (χ2n) is 7.16. The van der Waals surface area contributed by atoms with E-state index in [9.17, 15) is 9.90 Å². The van der Waals surface area contributed by atoms with Gasteiger partial charge in [-0.3, -0.25) is 0 Å². The topological polar surface area (TPSA) is 55.8 Å². The Morgan fingerprint density at radius 3 is 2.20 bits per heavy atom. The van der Waals surface area contributed by atoms with Crippen LogP contribution in [-0.4, -0.2) is 34.0 Å². The van der Waals surface area contributed by atoms with Crippen LogP contribution in [0, 0.1) is 5.92 Å². The molecule has 4 heteroatoms. The Morgan fingerprint density at radius 2 is 1.85 bits per heavy atom. The average molecular weight is 284 g/mol. The summed E-state index contributed by atoms with van der Waals surface area (Å²) in [6.45, 7) is 16.4. The molecule has 2 atom stereocenters. The molecule has 2 unspecified atom stereocenters. The summed E-state index contributed by atoms with van der Waals surface area (Å²) in [7, 11) is 0. The van der Waals surface area contributed by atoms with Crippen LogP contribution in [0.25, 0.3) is 0 Å². The van der Waals surface area contributed by atoms with Gasteiger partial charge < -0.3 is 14.6 Å². The first kappa shape index (κ1) is 17.2. The quantitative estimate of drug-likeness (QED) is 0.602. The van der Waals surface area contributed by atoms with Crippen molar-refractivity contribution in [1.82, 2.24) is 0 Å². The summed E-state index contributed by atoms with van der Waals surface area (Å²) < 4.78 is 11.6. The second-order valence-corrected chi connectivity index (χ2v) is 7.16. The molecular formula is C16H28O4. The predicted octanol–water partition coefficient (Wildman–Crippen LogP) is 2.84. The van der Waals surface area contributed by atoms with Crippen LogP contribution in [0.1, 0.15) is 54.9 Å². The summed E-state index contributed by atoms with van der Waals surface area (Å²) >= 11 is 0. The highest BCUT2D eigenvalue weighted by Gasteiger charge is 2.63. The van der Waals surface area contributed by atoms with Gasteiger partial charge in [-0.1, -0.05) is 20.4 Å². The molecule has 1 fully saturated rings. The monoisotopic (exact) mass is 284 g/mol. The van der Waals surface area contributed by atoms with Crippen molar-refractivity contribution in [3.8, 4) is 0 Å². The zero-order chi connectivity index (χ0) is 15.9. The maximum atomic E-state index is 11.6. The summed E-state index contributed by atoms with van der Waals surface area (Å²) in [4.78, 5) is 11.6. The van der Waals surface area contributed by atoms with E-state index in [2.05, 4.69) is 6.58 Å². The Bertz CT molecular complexity index is 403. The summed E-state index contributed by atoms with van der Waals surface area (Å²) in [5, 5.41) is 10.2. The van der Waals surface area contributed by atoms with Gasteiger partial charge in [-0.2, -0.15) is 0 Å². The largest absolute Gasteiger partial charge is 0.456 e. The van der Waals surface area contributed by atoms with Crippen LogP contribution in [-0.2, 0) is 14.3 Å². The molecule has 1 N–H and O–H groups in total. The van der Waals surface area contributed by atoms with Crippen molar-refractivity contribution in [2.24, 2.45) is 5.92 Å². The number of carbonyl (C=O) groups is 1. The first-order valence-corrected chi connectivity index (χ1v) is 7.12. The predicted molar refractivity (Wildman–Crippen MR) is 78.3 cm³/mol. The van der Waals surface area contributed by atoms with E-state index in [1.54, 1.807) is 20.8 Å². The molecule has 0 aromatic heterocycles. The van der Waals surface area contributed by atoms with Gasteiger partial charge in [0.2, 0.25) is 0 Å².